The molecule has 1 rings (SSSR count). The van der Waals surface area contributed by atoms with E-state index in [9.17, 15) is 4.39 Å². The van der Waals surface area contributed by atoms with E-state index >= 15 is 0 Å². The minimum Gasteiger partial charge on any atom is -0.357 e. The van der Waals surface area contributed by atoms with Crippen molar-refractivity contribution >= 4 is 57.6 Å². The maximum absolute atomic E-state index is 13.6. The second-order valence-electron chi connectivity index (χ2n) is 3.85. The highest BCUT2D eigenvalue weighted by atomic mass is 127. The molecule has 1 aromatic carbocycles. The number of benzene rings is 1. The molecule has 0 aromatic heterocycles. The summed E-state index contributed by atoms with van der Waals surface area (Å²) in [5.41, 5.74) is 0.580. The van der Waals surface area contributed by atoms with E-state index in [0.717, 1.165) is 29.3 Å². The summed E-state index contributed by atoms with van der Waals surface area (Å²) in [4.78, 5) is 4.38. The van der Waals surface area contributed by atoms with E-state index in [1.54, 1.807) is 23.9 Å². The van der Waals surface area contributed by atoms with Gasteiger partial charge in [0.15, 0.2) is 5.96 Å². The molecule has 2 N–H and O–H groups in total. The molecule has 0 aliphatic heterocycles. The minimum atomic E-state index is -0.230. The summed E-state index contributed by atoms with van der Waals surface area (Å²) in [5.74, 6) is 1.50. The number of thioether (sulfide) groups is 1. The van der Waals surface area contributed by atoms with Crippen LogP contribution in [0, 0.1) is 5.82 Å². The first-order valence-electron chi connectivity index (χ1n) is 6.12. The highest BCUT2D eigenvalue weighted by Gasteiger charge is 2.03. The Balaban J connectivity index is 0.00000361. The molecule has 0 unspecified atom stereocenters. The first-order valence-corrected chi connectivity index (χ1v) is 8.31. The van der Waals surface area contributed by atoms with Crippen LogP contribution in [0.15, 0.2) is 27.7 Å². The lowest BCUT2D eigenvalue weighted by Gasteiger charge is -2.10. The SMILES string of the molecule is CCNC(=NCc1cc(Br)ccc1F)NCCSC.I. The zero-order valence-electron chi connectivity index (χ0n) is 11.6. The zero-order valence-corrected chi connectivity index (χ0v) is 16.3. The van der Waals surface area contributed by atoms with E-state index in [1.165, 1.54) is 6.07 Å². The molecule has 0 saturated carbocycles. The van der Waals surface area contributed by atoms with Crippen molar-refractivity contribution in [1.29, 1.82) is 0 Å². The van der Waals surface area contributed by atoms with Gasteiger partial charge in [-0.15, -0.1) is 24.0 Å². The lowest BCUT2D eigenvalue weighted by atomic mass is 10.2. The first-order chi connectivity index (χ1) is 9.17. The Hall–Kier alpha value is -0.0200. The van der Waals surface area contributed by atoms with E-state index in [-0.39, 0.29) is 29.8 Å². The maximum atomic E-state index is 13.6. The molecule has 0 aliphatic rings. The van der Waals surface area contributed by atoms with Gasteiger partial charge in [0, 0.05) is 28.9 Å². The van der Waals surface area contributed by atoms with Crippen LogP contribution >= 0.6 is 51.7 Å². The number of hydrogen-bond acceptors (Lipinski definition) is 2. The predicted molar refractivity (Wildman–Crippen MR) is 101 cm³/mol. The molecule has 20 heavy (non-hydrogen) atoms. The fourth-order valence-corrected chi connectivity index (χ4v) is 2.16. The van der Waals surface area contributed by atoms with Crippen LogP contribution in [0.1, 0.15) is 12.5 Å². The third-order valence-electron chi connectivity index (χ3n) is 2.36. The molecule has 0 aliphatic carbocycles. The number of nitrogens with zero attached hydrogens (tertiary/aromatic N) is 1. The molecule has 0 spiro atoms. The smallest absolute Gasteiger partial charge is 0.191 e. The van der Waals surface area contributed by atoms with Gasteiger partial charge >= 0.3 is 0 Å². The third-order valence-corrected chi connectivity index (χ3v) is 3.46. The van der Waals surface area contributed by atoms with Gasteiger partial charge in [0.05, 0.1) is 6.54 Å². The van der Waals surface area contributed by atoms with Gasteiger partial charge in [-0.1, -0.05) is 15.9 Å². The van der Waals surface area contributed by atoms with Crippen LogP contribution in [0.5, 0.6) is 0 Å². The minimum absolute atomic E-state index is 0. The lowest BCUT2D eigenvalue weighted by molar-refractivity contribution is 0.610. The van der Waals surface area contributed by atoms with Crippen molar-refractivity contribution in [2.24, 2.45) is 4.99 Å². The first kappa shape index (κ1) is 20.0. The lowest BCUT2D eigenvalue weighted by Crippen LogP contribution is -2.38. The van der Waals surface area contributed by atoms with Crippen LogP contribution < -0.4 is 10.6 Å². The molecule has 0 fully saturated rings. The van der Waals surface area contributed by atoms with Crippen LogP contribution in [-0.2, 0) is 6.54 Å². The van der Waals surface area contributed by atoms with Gasteiger partial charge in [-0.2, -0.15) is 11.8 Å². The second kappa shape index (κ2) is 11.6. The Morgan fingerprint density at radius 2 is 2.15 bits per heavy atom. The van der Waals surface area contributed by atoms with Crippen molar-refractivity contribution in [3.8, 4) is 0 Å². The molecule has 0 atom stereocenters. The number of aliphatic imine (C=N–C) groups is 1. The Kier molecular flexibility index (Phi) is 11.6. The average molecular weight is 476 g/mol. The molecule has 0 amide bonds. The van der Waals surface area contributed by atoms with Gasteiger partial charge in [0.2, 0.25) is 0 Å². The molecular weight excluding hydrogens is 456 g/mol. The molecule has 0 heterocycles. The summed E-state index contributed by atoms with van der Waals surface area (Å²) in [5, 5.41) is 6.35. The Morgan fingerprint density at radius 3 is 2.80 bits per heavy atom. The standard InChI is InChI=1S/C13H19BrFN3S.HI/c1-3-16-13(17-6-7-19-2)18-9-10-8-11(14)4-5-12(10)15;/h4-5,8H,3,6-7,9H2,1-2H3,(H2,16,17,18);1H. The van der Waals surface area contributed by atoms with E-state index in [4.69, 9.17) is 0 Å². The molecule has 0 radical (unpaired) electrons. The summed E-state index contributed by atoms with van der Waals surface area (Å²) in [6.45, 7) is 3.95. The summed E-state index contributed by atoms with van der Waals surface area (Å²) < 4.78 is 14.4. The average Bonchev–Trinajstić information content (AvgIpc) is 2.40. The van der Waals surface area contributed by atoms with E-state index in [1.807, 2.05) is 6.92 Å². The van der Waals surface area contributed by atoms with E-state index in [0.29, 0.717) is 12.1 Å². The van der Waals surface area contributed by atoms with E-state index in [2.05, 4.69) is 37.8 Å². The summed E-state index contributed by atoms with van der Waals surface area (Å²) >= 11 is 5.11. The van der Waals surface area contributed by atoms with Crippen molar-refractivity contribution in [3.63, 3.8) is 0 Å². The topological polar surface area (TPSA) is 36.4 Å². The Labute approximate surface area is 149 Å². The van der Waals surface area contributed by atoms with Crippen LogP contribution in [-0.4, -0.2) is 31.1 Å². The fraction of sp³-hybridized carbons (Fsp3) is 0.462. The van der Waals surface area contributed by atoms with Crippen molar-refractivity contribution in [1.82, 2.24) is 10.6 Å². The second-order valence-corrected chi connectivity index (χ2v) is 5.75. The van der Waals surface area contributed by atoms with Gasteiger partial charge in [-0.25, -0.2) is 9.38 Å². The molecular formula is C13H20BrFIN3S. The molecule has 0 bridgehead atoms. The summed E-state index contributed by atoms with van der Waals surface area (Å²) in [6.07, 6.45) is 2.06. The third kappa shape index (κ3) is 7.68. The van der Waals surface area contributed by atoms with Gasteiger partial charge < -0.3 is 10.6 Å². The van der Waals surface area contributed by atoms with Crippen molar-refractivity contribution < 1.29 is 4.39 Å². The van der Waals surface area contributed by atoms with Crippen molar-refractivity contribution in [2.45, 2.75) is 13.5 Å². The molecule has 7 heteroatoms. The summed E-state index contributed by atoms with van der Waals surface area (Å²) in [7, 11) is 0. The number of hydrogen-bond donors (Lipinski definition) is 2. The quantitative estimate of drug-likeness (QED) is 0.285. The van der Waals surface area contributed by atoms with Crippen LogP contribution in [0.25, 0.3) is 0 Å². The number of guanidine groups is 1. The molecule has 3 nitrogen and oxygen atoms in total. The molecule has 1 aromatic rings. The number of rotatable bonds is 6. The molecule has 114 valence electrons. The van der Waals surface area contributed by atoms with E-state index < -0.39 is 0 Å². The van der Waals surface area contributed by atoms with Crippen molar-refractivity contribution in [2.75, 3.05) is 25.1 Å². The van der Waals surface area contributed by atoms with Crippen LogP contribution in [0.2, 0.25) is 0 Å². The highest BCUT2D eigenvalue weighted by molar-refractivity contribution is 14.0. The zero-order chi connectivity index (χ0) is 14.1. The number of nitrogens with one attached hydrogen (secondary N) is 2. The Morgan fingerprint density at radius 1 is 1.40 bits per heavy atom. The van der Waals surface area contributed by atoms with Crippen molar-refractivity contribution in [3.05, 3.63) is 34.1 Å². The molecule has 0 saturated heterocycles. The van der Waals surface area contributed by atoms with Crippen LogP contribution in [0.4, 0.5) is 4.39 Å². The predicted octanol–water partition coefficient (Wildman–Crippen LogP) is 3.62. The normalized spacial score (nSPS) is 10.9. The van der Waals surface area contributed by atoms with Gasteiger partial charge in [0.25, 0.3) is 0 Å². The van der Waals surface area contributed by atoms with Gasteiger partial charge in [-0.3, -0.25) is 0 Å². The Bertz CT molecular complexity index is 432. The summed E-state index contributed by atoms with van der Waals surface area (Å²) in [6, 6.07) is 4.89. The monoisotopic (exact) mass is 475 g/mol. The van der Waals surface area contributed by atoms with Gasteiger partial charge in [-0.05, 0) is 31.4 Å². The fourth-order valence-electron chi connectivity index (χ4n) is 1.44. The largest absolute Gasteiger partial charge is 0.357 e. The van der Waals surface area contributed by atoms with Gasteiger partial charge in [0.1, 0.15) is 5.82 Å². The highest BCUT2D eigenvalue weighted by Crippen LogP contribution is 2.16. The number of halogens is 3. The van der Waals surface area contributed by atoms with Crippen LogP contribution in [0.3, 0.4) is 0 Å². The maximum Gasteiger partial charge on any atom is 0.191 e.